The number of carbonyl (C=O) groups is 1. The van der Waals surface area contributed by atoms with Gasteiger partial charge in [-0.25, -0.2) is 4.79 Å². The number of amides is 2. The molecule has 0 aliphatic carbocycles. The smallest absolute Gasteiger partial charge is 0.317 e. The molecule has 0 saturated heterocycles. The molecule has 0 saturated carbocycles. The highest BCUT2D eigenvalue weighted by Crippen LogP contribution is 2.15. The maximum absolute atomic E-state index is 11.7. The van der Waals surface area contributed by atoms with Gasteiger partial charge >= 0.3 is 6.03 Å². The molecule has 15 heavy (non-hydrogen) atoms. The third-order valence-electron chi connectivity index (χ3n) is 2.43. The van der Waals surface area contributed by atoms with E-state index >= 15 is 0 Å². The lowest BCUT2D eigenvalue weighted by Crippen LogP contribution is -2.40. The molecule has 0 aromatic carbocycles. The molecule has 1 heterocycles. The number of hydrogen-bond acceptors (Lipinski definition) is 2. The van der Waals surface area contributed by atoms with Crippen molar-refractivity contribution in [2.24, 2.45) is 0 Å². The largest absolute Gasteiger partial charge is 0.331 e. The van der Waals surface area contributed by atoms with E-state index < -0.39 is 0 Å². The summed E-state index contributed by atoms with van der Waals surface area (Å²) < 4.78 is 0. The summed E-state index contributed by atoms with van der Waals surface area (Å²) in [5.74, 6) is 0. The van der Waals surface area contributed by atoms with E-state index in [-0.39, 0.29) is 12.1 Å². The lowest BCUT2D eigenvalue weighted by Gasteiger charge is -2.22. The van der Waals surface area contributed by atoms with E-state index in [2.05, 4.69) is 10.7 Å². The molecule has 0 fully saturated rings. The SMILES string of the molecule is CCN(CC)C(=O)NC(C)c1ccsc1. The van der Waals surface area contributed by atoms with E-state index in [1.165, 1.54) is 5.56 Å². The molecule has 0 bridgehead atoms. The highest BCUT2D eigenvalue weighted by Gasteiger charge is 2.13. The minimum atomic E-state index is 0.0127. The highest BCUT2D eigenvalue weighted by molar-refractivity contribution is 7.07. The van der Waals surface area contributed by atoms with Gasteiger partial charge in [0.25, 0.3) is 0 Å². The van der Waals surface area contributed by atoms with Crippen molar-refractivity contribution in [3.8, 4) is 0 Å². The van der Waals surface area contributed by atoms with E-state index in [4.69, 9.17) is 0 Å². The number of nitrogens with zero attached hydrogens (tertiary/aromatic N) is 1. The minimum Gasteiger partial charge on any atom is -0.331 e. The minimum absolute atomic E-state index is 0.0127. The van der Waals surface area contributed by atoms with Gasteiger partial charge in [-0.3, -0.25) is 0 Å². The Bertz CT molecular complexity index is 294. The molecule has 0 aliphatic heterocycles. The molecule has 2 amide bonds. The van der Waals surface area contributed by atoms with Crippen molar-refractivity contribution in [1.29, 1.82) is 0 Å². The van der Waals surface area contributed by atoms with Crippen molar-refractivity contribution in [3.63, 3.8) is 0 Å². The number of rotatable bonds is 4. The molecule has 1 N–H and O–H groups in total. The first-order valence-electron chi connectivity index (χ1n) is 5.26. The molecular weight excluding hydrogens is 208 g/mol. The fourth-order valence-electron chi connectivity index (χ4n) is 1.39. The Hall–Kier alpha value is -1.03. The van der Waals surface area contributed by atoms with Crippen LogP contribution < -0.4 is 5.32 Å². The van der Waals surface area contributed by atoms with Crippen molar-refractivity contribution < 1.29 is 4.79 Å². The first-order chi connectivity index (χ1) is 7.19. The second-order valence-corrected chi connectivity index (χ2v) is 4.18. The zero-order valence-corrected chi connectivity index (χ0v) is 10.3. The number of nitrogens with one attached hydrogen (secondary N) is 1. The number of carbonyl (C=O) groups excluding carboxylic acids is 1. The van der Waals surface area contributed by atoms with Crippen LogP contribution in [0.3, 0.4) is 0 Å². The Morgan fingerprint density at radius 2 is 2.20 bits per heavy atom. The summed E-state index contributed by atoms with van der Waals surface area (Å²) in [5.41, 5.74) is 1.17. The summed E-state index contributed by atoms with van der Waals surface area (Å²) in [6.07, 6.45) is 0. The molecule has 1 rings (SSSR count). The van der Waals surface area contributed by atoms with Crippen molar-refractivity contribution >= 4 is 17.4 Å². The Morgan fingerprint density at radius 1 is 1.53 bits per heavy atom. The predicted octanol–water partition coefficient (Wildman–Crippen LogP) is 2.86. The molecule has 84 valence electrons. The normalized spacial score (nSPS) is 12.2. The highest BCUT2D eigenvalue weighted by atomic mass is 32.1. The fourth-order valence-corrected chi connectivity index (χ4v) is 2.15. The van der Waals surface area contributed by atoms with Crippen LogP contribution in [0.2, 0.25) is 0 Å². The topological polar surface area (TPSA) is 32.3 Å². The van der Waals surface area contributed by atoms with Crippen LogP contribution in [0, 0.1) is 0 Å². The molecular formula is C11H18N2OS. The van der Waals surface area contributed by atoms with Gasteiger partial charge < -0.3 is 10.2 Å². The van der Waals surface area contributed by atoms with Crippen LogP contribution >= 0.6 is 11.3 Å². The molecule has 4 heteroatoms. The van der Waals surface area contributed by atoms with Gasteiger partial charge in [-0.15, -0.1) is 0 Å². The second kappa shape index (κ2) is 5.75. The Labute approximate surface area is 95.1 Å². The fraction of sp³-hybridized carbons (Fsp3) is 0.545. The lowest BCUT2D eigenvalue weighted by atomic mass is 10.2. The van der Waals surface area contributed by atoms with Gasteiger partial charge in [-0.1, -0.05) is 0 Å². The van der Waals surface area contributed by atoms with Gasteiger partial charge in [-0.2, -0.15) is 11.3 Å². The maximum Gasteiger partial charge on any atom is 0.317 e. The summed E-state index contributed by atoms with van der Waals surface area (Å²) >= 11 is 1.65. The van der Waals surface area contributed by atoms with Gasteiger partial charge in [0.05, 0.1) is 6.04 Å². The predicted molar refractivity (Wildman–Crippen MR) is 64.2 cm³/mol. The van der Waals surface area contributed by atoms with E-state index in [0.29, 0.717) is 0 Å². The van der Waals surface area contributed by atoms with Crippen LogP contribution in [0.4, 0.5) is 4.79 Å². The molecule has 1 aromatic rings. The monoisotopic (exact) mass is 226 g/mol. The van der Waals surface area contributed by atoms with Crippen LogP contribution in [0.5, 0.6) is 0 Å². The van der Waals surface area contributed by atoms with Crippen LogP contribution in [0.15, 0.2) is 16.8 Å². The van der Waals surface area contributed by atoms with Gasteiger partial charge in [0.15, 0.2) is 0 Å². The molecule has 1 unspecified atom stereocenters. The Balaban J connectivity index is 2.51. The van der Waals surface area contributed by atoms with Gasteiger partial charge in [0.1, 0.15) is 0 Å². The molecule has 0 radical (unpaired) electrons. The van der Waals surface area contributed by atoms with Gasteiger partial charge in [0.2, 0.25) is 0 Å². The summed E-state index contributed by atoms with van der Waals surface area (Å²) in [4.78, 5) is 13.5. The quantitative estimate of drug-likeness (QED) is 0.841. The third-order valence-corrected chi connectivity index (χ3v) is 3.14. The molecule has 1 atom stereocenters. The van der Waals surface area contributed by atoms with Gasteiger partial charge in [-0.05, 0) is 43.2 Å². The maximum atomic E-state index is 11.7. The van der Waals surface area contributed by atoms with Crippen LogP contribution in [0.25, 0.3) is 0 Å². The van der Waals surface area contributed by atoms with Crippen molar-refractivity contribution in [2.45, 2.75) is 26.8 Å². The van der Waals surface area contributed by atoms with Crippen molar-refractivity contribution in [3.05, 3.63) is 22.4 Å². The second-order valence-electron chi connectivity index (χ2n) is 3.40. The van der Waals surface area contributed by atoms with E-state index in [9.17, 15) is 4.79 Å². The van der Waals surface area contributed by atoms with E-state index in [1.54, 1.807) is 16.2 Å². The van der Waals surface area contributed by atoms with Crippen LogP contribution in [-0.4, -0.2) is 24.0 Å². The zero-order chi connectivity index (χ0) is 11.3. The standard InChI is InChI=1S/C11H18N2OS/c1-4-13(5-2)11(14)12-9(3)10-6-7-15-8-10/h6-9H,4-5H2,1-3H3,(H,12,14). The summed E-state index contributed by atoms with van der Waals surface area (Å²) in [7, 11) is 0. The zero-order valence-electron chi connectivity index (χ0n) is 9.49. The van der Waals surface area contributed by atoms with Crippen molar-refractivity contribution in [2.75, 3.05) is 13.1 Å². The number of thiophene rings is 1. The third kappa shape index (κ3) is 3.23. The Kier molecular flexibility index (Phi) is 4.62. The Morgan fingerprint density at radius 3 is 2.67 bits per heavy atom. The molecule has 0 aliphatic rings. The van der Waals surface area contributed by atoms with Gasteiger partial charge in [0, 0.05) is 13.1 Å². The summed E-state index contributed by atoms with van der Waals surface area (Å²) in [6, 6.07) is 2.14. The lowest BCUT2D eigenvalue weighted by molar-refractivity contribution is 0.200. The number of hydrogen-bond donors (Lipinski definition) is 1. The first kappa shape index (κ1) is 12.0. The molecule has 0 spiro atoms. The first-order valence-corrected chi connectivity index (χ1v) is 6.20. The number of urea groups is 1. The molecule has 3 nitrogen and oxygen atoms in total. The van der Waals surface area contributed by atoms with Crippen LogP contribution in [-0.2, 0) is 0 Å². The van der Waals surface area contributed by atoms with Crippen molar-refractivity contribution in [1.82, 2.24) is 10.2 Å². The average molecular weight is 226 g/mol. The van der Waals surface area contributed by atoms with E-state index in [0.717, 1.165) is 13.1 Å². The summed E-state index contributed by atoms with van der Waals surface area (Å²) in [5, 5.41) is 7.06. The molecule has 1 aromatic heterocycles. The summed E-state index contributed by atoms with van der Waals surface area (Å²) in [6.45, 7) is 7.47. The average Bonchev–Trinajstić information content (AvgIpc) is 2.72. The van der Waals surface area contributed by atoms with Crippen LogP contribution in [0.1, 0.15) is 32.4 Å². The van der Waals surface area contributed by atoms with E-state index in [1.807, 2.05) is 32.2 Å².